The Morgan fingerprint density at radius 3 is 2.65 bits per heavy atom. The number of pyridine rings is 1. The van der Waals surface area contributed by atoms with Crippen molar-refractivity contribution in [3.05, 3.63) is 65.7 Å². The molecule has 0 aliphatic heterocycles. The summed E-state index contributed by atoms with van der Waals surface area (Å²) in [5.74, 6) is -3.15. The molecule has 0 saturated carbocycles. The van der Waals surface area contributed by atoms with Crippen molar-refractivity contribution in [1.29, 1.82) is 0 Å². The van der Waals surface area contributed by atoms with Crippen LogP contribution in [0.15, 0.2) is 42.6 Å². The summed E-state index contributed by atoms with van der Waals surface area (Å²) < 4.78 is 27.8. The van der Waals surface area contributed by atoms with E-state index in [2.05, 4.69) is 15.6 Å². The third-order valence-electron chi connectivity index (χ3n) is 3.68. The number of aromatic nitrogens is 2. The van der Waals surface area contributed by atoms with Crippen molar-refractivity contribution in [1.82, 2.24) is 14.7 Å². The van der Waals surface area contributed by atoms with E-state index in [9.17, 15) is 18.4 Å². The van der Waals surface area contributed by atoms with Crippen molar-refractivity contribution in [2.24, 2.45) is 0 Å². The van der Waals surface area contributed by atoms with Crippen LogP contribution >= 0.6 is 0 Å². The van der Waals surface area contributed by atoms with E-state index < -0.39 is 17.5 Å². The van der Waals surface area contributed by atoms with E-state index in [1.165, 1.54) is 10.5 Å². The summed E-state index contributed by atoms with van der Waals surface area (Å²) in [5.41, 5.74) is 0.671. The summed E-state index contributed by atoms with van der Waals surface area (Å²) in [6, 6.07) is 8.11. The lowest BCUT2D eigenvalue weighted by atomic mass is 10.3. The van der Waals surface area contributed by atoms with Crippen LogP contribution in [0.4, 0.5) is 14.5 Å². The van der Waals surface area contributed by atoms with E-state index in [-0.39, 0.29) is 23.1 Å². The fourth-order valence-electron chi connectivity index (χ4n) is 2.45. The minimum absolute atomic E-state index is 0.0352. The molecular formula is C18H16F2N4O2. The van der Waals surface area contributed by atoms with Gasteiger partial charge in [0.05, 0.1) is 5.52 Å². The van der Waals surface area contributed by atoms with Gasteiger partial charge < -0.3 is 10.6 Å². The number of benzene rings is 1. The minimum Gasteiger partial charge on any atom is -0.351 e. The molecule has 0 radical (unpaired) electrons. The smallest absolute Gasteiger partial charge is 0.292 e. The normalized spacial score (nSPS) is 10.7. The van der Waals surface area contributed by atoms with Gasteiger partial charge in [-0.1, -0.05) is 13.0 Å². The van der Waals surface area contributed by atoms with E-state index >= 15 is 0 Å². The average molecular weight is 358 g/mol. The molecule has 1 aromatic carbocycles. The molecule has 2 heterocycles. The van der Waals surface area contributed by atoms with Crippen molar-refractivity contribution in [3.8, 4) is 0 Å². The highest BCUT2D eigenvalue weighted by Crippen LogP contribution is 2.17. The molecule has 2 aromatic heterocycles. The Labute approximate surface area is 147 Å². The molecule has 134 valence electrons. The van der Waals surface area contributed by atoms with Crippen molar-refractivity contribution < 1.29 is 18.4 Å². The molecule has 26 heavy (non-hydrogen) atoms. The molecule has 6 nitrogen and oxygen atoms in total. The molecule has 0 unspecified atom stereocenters. The Kier molecular flexibility index (Phi) is 4.92. The van der Waals surface area contributed by atoms with Crippen LogP contribution in [0.25, 0.3) is 5.52 Å². The fourth-order valence-corrected chi connectivity index (χ4v) is 2.45. The topological polar surface area (TPSA) is 75.5 Å². The van der Waals surface area contributed by atoms with E-state index in [1.54, 1.807) is 24.4 Å². The number of hydrogen-bond donors (Lipinski definition) is 2. The third-order valence-corrected chi connectivity index (χ3v) is 3.68. The second kappa shape index (κ2) is 7.30. The van der Waals surface area contributed by atoms with E-state index in [4.69, 9.17) is 0 Å². The number of anilines is 1. The van der Waals surface area contributed by atoms with Crippen molar-refractivity contribution in [3.63, 3.8) is 0 Å². The van der Waals surface area contributed by atoms with Crippen LogP contribution in [0.3, 0.4) is 0 Å². The number of imidazole rings is 1. The second-order valence-electron chi connectivity index (χ2n) is 5.58. The predicted octanol–water partition coefficient (Wildman–Crippen LogP) is 3.00. The largest absolute Gasteiger partial charge is 0.351 e. The first kappa shape index (κ1) is 17.5. The molecule has 2 N–H and O–H groups in total. The highest BCUT2D eigenvalue weighted by molar-refractivity contribution is 6.06. The van der Waals surface area contributed by atoms with Crippen LogP contribution < -0.4 is 10.6 Å². The summed E-state index contributed by atoms with van der Waals surface area (Å²) >= 11 is 0. The number of amides is 2. The first-order valence-corrected chi connectivity index (χ1v) is 8.03. The molecule has 0 atom stereocenters. The highest BCUT2D eigenvalue weighted by Gasteiger charge is 2.21. The Hall–Kier alpha value is -3.29. The monoisotopic (exact) mass is 358 g/mol. The molecule has 3 aromatic rings. The van der Waals surface area contributed by atoms with Crippen molar-refractivity contribution in [2.45, 2.75) is 13.3 Å². The van der Waals surface area contributed by atoms with Crippen molar-refractivity contribution >= 4 is 23.0 Å². The molecule has 0 saturated heterocycles. The molecule has 0 aliphatic rings. The number of nitrogens with one attached hydrogen (secondary N) is 2. The quantitative estimate of drug-likeness (QED) is 0.736. The zero-order valence-corrected chi connectivity index (χ0v) is 13.9. The SMILES string of the molecule is CCCNC(=O)c1nc(C(=O)Nc2ccc(F)c(F)c2)n2ccccc12. The maximum Gasteiger partial charge on any atom is 0.292 e. The van der Waals surface area contributed by atoms with Gasteiger partial charge in [0.1, 0.15) is 0 Å². The molecule has 0 spiro atoms. The first-order chi connectivity index (χ1) is 12.5. The number of rotatable bonds is 5. The summed E-state index contributed by atoms with van der Waals surface area (Å²) in [5, 5.41) is 5.17. The van der Waals surface area contributed by atoms with Gasteiger partial charge in [0.25, 0.3) is 11.8 Å². The number of carbonyl (C=O) groups is 2. The van der Waals surface area contributed by atoms with Crippen molar-refractivity contribution in [2.75, 3.05) is 11.9 Å². The van der Waals surface area contributed by atoms with Gasteiger partial charge in [-0.3, -0.25) is 14.0 Å². The third kappa shape index (κ3) is 3.39. The van der Waals surface area contributed by atoms with Gasteiger partial charge in [-0.05, 0) is 30.7 Å². The Morgan fingerprint density at radius 2 is 1.92 bits per heavy atom. The summed E-state index contributed by atoms with van der Waals surface area (Å²) in [7, 11) is 0. The lowest BCUT2D eigenvalue weighted by Gasteiger charge is -2.05. The van der Waals surface area contributed by atoms with Crippen LogP contribution in [-0.4, -0.2) is 27.7 Å². The number of hydrogen-bond acceptors (Lipinski definition) is 3. The Morgan fingerprint density at radius 1 is 1.12 bits per heavy atom. The number of fused-ring (bicyclic) bond motifs is 1. The highest BCUT2D eigenvalue weighted by atomic mass is 19.2. The molecular weight excluding hydrogens is 342 g/mol. The number of carbonyl (C=O) groups excluding carboxylic acids is 2. The second-order valence-corrected chi connectivity index (χ2v) is 5.58. The summed E-state index contributed by atoms with van der Waals surface area (Å²) in [6.07, 6.45) is 2.36. The molecule has 0 bridgehead atoms. The maximum absolute atomic E-state index is 13.3. The molecule has 2 amide bonds. The van der Waals surface area contributed by atoms with Crippen LogP contribution in [0.2, 0.25) is 0 Å². The van der Waals surface area contributed by atoms with Gasteiger partial charge in [0, 0.05) is 24.5 Å². The van der Waals surface area contributed by atoms with Gasteiger partial charge in [-0.15, -0.1) is 0 Å². The number of halogens is 2. The number of nitrogens with zero attached hydrogens (tertiary/aromatic N) is 2. The minimum atomic E-state index is -1.07. The maximum atomic E-state index is 13.3. The zero-order valence-electron chi connectivity index (χ0n) is 13.9. The zero-order chi connectivity index (χ0) is 18.7. The standard InChI is InChI=1S/C18H16F2N4O2/c1-2-8-21-17(25)15-14-5-3-4-9-24(14)16(23-15)18(26)22-11-6-7-12(19)13(20)10-11/h3-7,9-10H,2,8H2,1H3,(H,21,25)(H,22,26). The van der Waals surface area contributed by atoms with Crippen LogP contribution in [0.1, 0.15) is 34.5 Å². The van der Waals surface area contributed by atoms with Crippen LogP contribution in [0, 0.1) is 11.6 Å². The van der Waals surface area contributed by atoms with E-state index in [1.807, 2.05) is 6.92 Å². The van der Waals surface area contributed by atoms with Gasteiger partial charge in [0.2, 0.25) is 5.82 Å². The van der Waals surface area contributed by atoms with E-state index in [0.717, 1.165) is 18.6 Å². The lowest BCUT2D eigenvalue weighted by Crippen LogP contribution is -2.24. The lowest BCUT2D eigenvalue weighted by molar-refractivity contribution is 0.0951. The Balaban J connectivity index is 1.95. The summed E-state index contributed by atoms with van der Waals surface area (Å²) in [4.78, 5) is 29.0. The molecule has 3 rings (SSSR count). The van der Waals surface area contributed by atoms with Gasteiger partial charge in [0.15, 0.2) is 17.3 Å². The van der Waals surface area contributed by atoms with Gasteiger partial charge in [-0.25, -0.2) is 13.8 Å². The fraction of sp³-hybridized carbons (Fsp3) is 0.167. The first-order valence-electron chi connectivity index (χ1n) is 8.03. The molecule has 0 fully saturated rings. The Bertz CT molecular complexity index is 984. The van der Waals surface area contributed by atoms with Gasteiger partial charge >= 0.3 is 0 Å². The average Bonchev–Trinajstić information content (AvgIpc) is 3.03. The van der Waals surface area contributed by atoms with Crippen LogP contribution in [-0.2, 0) is 0 Å². The van der Waals surface area contributed by atoms with Crippen LogP contribution in [0.5, 0.6) is 0 Å². The van der Waals surface area contributed by atoms with Gasteiger partial charge in [-0.2, -0.15) is 0 Å². The van der Waals surface area contributed by atoms with E-state index in [0.29, 0.717) is 12.1 Å². The molecule has 8 heteroatoms. The molecule has 0 aliphatic carbocycles. The summed E-state index contributed by atoms with van der Waals surface area (Å²) in [6.45, 7) is 2.41. The predicted molar refractivity (Wildman–Crippen MR) is 92.1 cm³/mol.